The summed E-state index contributed by atoms with van der Waals surface area (Å²) in [4.78, 5) is 27.1. The standard InChI is InChI=1S/C26H22N4O3S/c1-15-5-8-18(34-15)14-28-25(32)17-6-9-21-22(13-17)30-24(29-21)20-12-16(7-10-23(20)31)19-4-3-11-27-26(19)33-2/h3-13,31H,14H2,1-2H3,(H,28,32)(H,29,30). The number of ether oxygens (including phenoxy) is 1. The Morgan fingerprint density at radius 3 is 2.79 bits per heavy atom. The molecule has 0 fully saturated rings. The van der Waals surface area contributed by atoms with Crippen LogP contribution < -0.4 is 10.1 Å². The maximum absolute atomic E-state index is 12.7. The maximum Gasteiger partial charge on any atom is 0.251 e. The van der Waals surface area contributed by atoms with E-state index in [0.29, 0.717) is 40.4 Å². The first kappa shape index (κ1) is 21.7. The second-order valence-electron chi connectivity index (χ2n) is 7.80. The molecular weight excluding hydrogens is 448 g/mol. The number of carbonyl (C=O) groups is 1. The Morgan fingerprint density at radius 1 is 1.12 bits per heavy atom. The molecule has 0 unspecified atom stereocenters. The van der Waals surface area contributed by atoms with Gasteiger partial charge in [-0.05, 0) is 67.1 Å². The molecule has 2 aromatic carbocycles. The normalized spacial score (nSPS) is 11.0. The second-order valence-corrected chi connectivity index (χ2v) is 9.18. The van der Waals surface area contributed by atoms with Gasteiger partial charge in [0, 0.05) is 27.1 Å². The number of aryl methyl sites for hydroxylation is 1. The maximum atomic E-state index is 12.7. The number of nitrogens with zero attached hydrogens (tertiary/aromatic N) is 2. The average molecular weight is 471 g/mol. The lowest BCUT2D eigenvalue weighted by Gasteiger charge is -2.09. The Kier molecular flexibility index (Phi) is 5.73. The third-order valence-electron chi connectivity index (χ3n) is 5.49. The number of H-pyrrole nitrogens is 1. The molecule has 170 valence electrons. The van der Waals surface area contributed by atoms with Crippen LogP contribution >= 0.6 is 11.3 Å². The third-order valence-corrected chi connectivity index (χ3v) is 6.49. The Bertz CT molecular complexity index is 1510. The van der Waals surface area contributed by atoms with Crippen LogP contribution in [-0.2, 0) is 6.54 Å². The van der Waals surface area contributed by atoms with E-state index in [4.69, 9.17) is 4.74 Å². The van der Waals surface area contributed by atoms with E-state index in [1.165, 1.54) is 4.88 Å². The van der Waals surface area contributed by atoms with Crippen LogP contribution in [0.4, 0.5) is 0 Å². The van der Waals surface area contributed by atoms with E-state index in [1.54, 1.807) is 55.0 Å². The molecule has 0 atom stereocenters. The van der Waals surface area contributed by atoms with Gasteiger partial charge in [-0.25, -0.2) is 9.97 Å². The quantitative estimate of drug-likeness (QED) is 0.312. The molecule has 3 N–H and O–H groups in total. The number of thiophene rings is 1. The van der Waals surface area contributed by atoms with Gasteiger partial charge in [0.2, 0.25) is 5.88 Å². The number of phenolic OH excluding ortho intramolecular Hbond substituents is 1. The molecule has 0 aliphatic carbocycles. The van der Waals surface area contributed by atoms with Crippen LogP contribution in [0.5, 0.6) is 11.6 Å². The minimum atomic E-state index is -0.155. The topological polar surface area (TPSA) is 100 Å². The fourth-order valence-electron chi connectivity index (χ4n) is 3.79. The van der Waals surface area contributed by atoms with Gasteiger partial charge >= 0.3 is 0 Å². The van der Waals surface area contributed by atoms with Crippen molar-refractivity contribution in [3.63, 3.8) is 0 Å². The fraction of sp³-hybridized carbons (Fsp3) is 0.115. The minimum absolute atomic E-state index is 0.0925. The van der Waals surface area contributed by atoms with Crippen LogP contribution in [0.25, 0.3) is 33.5 Å². The number of benzene rings is 2. The van der Waals surface area contributed by atoms with Gasteiger partial charge in [-0.2, -0.15) is 0 Å². The van der Waals surface area contributed by atoms with Gasteiger partial charge in [-0.3, -0.25) is 4.79 Å². The zero-order valence-electron chi connectivity index (χ0n) is 18.6. The van der Waals surface area contributed by atoms with Gasteiger partial charge < -0.3 is 20.1 Å². The predicted molar refractivity (Wildman–Crippen MR) is 133 cm³/mol. The van der Waals surface area contributed by atoms with Gasteiger partial charge in [0.05, 0.1) is 30.3 Å². The first-order valence-corrected chi connectivity index (χ1v) is 11.5. The molecule has 5 rings (SSSR count). The first-order chi connectivity index (χ1) is 16.5. The summed E-state index contributed by atoms with van der Waals surface area (Å²) in [7, 11) is 1.57. The lowest BCUT2D eigenvalue weighted by molar-refractivity contribution is 0.0951. The Balaban J connectivity index is 1.44. The monoisotopic (exact) mass is 470 g/mol. The average Bonchev–Trinajstić information content (AvgIpc) is 3.48. The van der Waals surface area contributed by atoms with Crippen molar-refractivity contribution in [1.82, 2.24) is 20.3 Å². The smallest absolute Gasteiger partial charge is 0.251 e. The molecule has 1 amide bonds. The largest absolute Gasteiger partial charge is 0.507 e. The molecule has 0 saturated heterocycles. The molecule has 0 aliphatic heterocycles. The molecular formula is C26H22N4O3S. The summed E-state index contributed by atoms with van der Waals surface area (Å²) in [6.45, 7) is 2.53. The van der Waals surface area contributed by atoms with E-state index in [1.807, 2.05) is 37.3 Å². The highest BCUT2D eigenvalue weighted by Gasteiger charge is 2.15. The van der Waals surface area contributed by atoms with Crippen LogP contribution in [0.1, 0.15) is 20.1 Å². The van der Waals surface area contributed by atoms with E-state index in [-0.39, 0.29) is 11.7 Å². The van der Waals surface area contributed by atoms with E-state index in [0.717, 1.165) is 16.0 Å². The summed E-state index contributed by atoms with van der Waals surface area (Å²) < 4.78 is 5.37. The van der Waals surface area contributed by atoms with Crippen molar-refractivity contribution in [1.29, 1.82) is 0 Å². The van der Waals surface area contributed by atoms with E-state index < -0.39 is 0 Å². The number of hydrogen-bond acceptors (Lipinski definition) is 6. The molecule has 0 saturated carbocycles. The van der Waals surface area contributed by atoms with Crippen LogP contribution in [0.15, 0.2) is 66.9 Å². The van der Waals surface area contributed by atoms with Crippen molar-refractivity contribution in [2.75, 3.05) is 7.11 Å². The van der Waals surface area contributed by atoms with E-state index >= 15 is 0 Å². The predicted octanol–water partition coefficient (Wildman–Crippen LogP) is 5.31. The van der Waals surface area contributed by atoms with E-state index in [2.05, 4.69) is 20.3 Å². The number of aromatic amines is 1. The number of hydrogen-bond donors (Lipinski definition) is 3. The van der Waals surface area contributed by atoms with Gasteiger partial charge in [0.15, 0.2) is 0 Å². The fourth-order valence-corrected chi connectivity index (χ4v) is 4.62. The van der Waals surface area contributed by atoms with Crippen LogP contribution in [0.3, 0.4) is 0 Å². The summed E-state index contributed by atoms with van der Waals surface area (Å²) in [5, 5.41) is 13.5. The van der Waals surface area contributed by atoms with Crippen molar-refractivity contribution in [2.45, 2.75) is 13.5 Å². The van der Waals surface area contributed by atoms with Gasteiger partial charge in [0.1, 0.15) is 11.6 Å². The molecule has 34 heavy (non-hydrogen) atoms. The number of aromatic nitrogens is 3. The Hall–Kier alpha value is -4.17. The molecule has 0 aliphatic rings. The summed E-state index contributed by atoms with van der Waals surface area (Å²) in [6, 6.07) is 18.4. The Labute approximate surface area is 200 Å². The molecule has 5 aromatic rings. The van der Waals surface area contributed by atoms with Crippen molar-refractivity contribution in [3.05, 3.63) is 82.2 Å². The number of pyridine rings is 1. The Morgan fingerprint density at radius 2 is 2.00 bits per heavy atom. The van der Waals surface area contributed by atoms with Crippen LogP contribution in [0, 0.1) is 6.92 Å². The van der Waals surface area contributed by atoms with Gasteiger partial charge in [0.25, 0.3) is 5.91 Å². The summed E-state index contributed by atoms with van der Waals surface area (Å²) in [5.41, 5.74) is 4.12. The van der Waals surface area contributed by atoms with Crippen molar-refractivity contribution in [3.8, 4) is 34.1 Å². The van der Waals surface area contributed by atoms with Crippen molar-refractivity contribution in [2.24, 2.45) is 0 Å². The highest BCUT2D eigenvalue weighted by molar-refractivity contribution is 7.11. The number of phenols is 1. The molecule has 7 nitrogen and oxygen atoms in total. The van der Waals surface area contributed by atoms with Crippen molar-refractivity contribution >= 4 is 28.3 Å². The number of nitrogens with one attached hydrogen (secondary N) is 2. The molecule has 0 bridgehead atoms. The zero-order chi connectivity index (χ0) is 23.7. The van der Waals surface area contributed by atoms with Gasteiger partial charge in [-0.1, -0.05) is 6.07 Å². The SMILES string of the molecule is COc1ncccc1-c1ccc(O)c(-c2nc3ccc(C(=O)NCc4ccc(C)s4)cc3[nH]2)c1. The highest BCUT2D eigenvalue weighted by atomic mass is 32.1. The summed E-state index contributed by atoms with van der Waals surface area (Å²) in [5.74, 6) is 0.938. The second kappa shape index (κ2) is 8.99. The number of aromatic hydroxyl groups is 1. The van der Waals surface area contributed by atoms with Crippen molar-refractivity contribution < 1.29 is 14.6 Å². The minimum Gasteiger partial charge on any atom is -0.507 e. The summed E-state index contributed by atoms with van der Waals surface area (Å²) >= 11 is 1.67. The molecule has 0 spiro atoms. The first-order valence-electron chi connectivity index (χ1n) is 10.7. The third kappa shape index (κ3) is 4.23. The van der Waals surface area contributed by atoms with Gasteiger partial charge in [-0.15, -0.1) is 11.3 Å². The number of rotatable bonds is 6. The lowest BCUT2D eigenvalue weighted by Crippen LogP contribution is -2.22. The number of methoxy groups -OCH3 is 1. The number of amides is 1. The summed E-state index contributed by atoms with van der Waals surface area (Å²) in [6.07, 6.45) is 1.66. The highest BCUT2D eigenvalue weighted by Crippen LogP contribution is 2.35. The molecule has 0 radical (unpaired) electrons. The molecule has 3 aromatic heterocycles. The number of fused-ring (bicyclic) bond motifs is 1. The number of carbonyl (C=O) groups excluding carboxylic acids is 1. The molecule has 3 heterocycles. The zero-order valence-corrected chi connectivity index (χ0v) is 19.4. The van der Waals surface area contributed by atoms with Crippen LogP contribution in [-0.4, -0.2) is 33.1 Å². The molecule has 8 heteroatoms. The van der Waals surface area contributed by atoms with E-state index in [9.17, 15) is 9.90 Å². The lowest BCUT2D eigenvalue weighted by atomic mass is 10.0. The number of imidazole rings is 1. The van der Waals surface area contributed by atoms with Crippen LogP contribution in [0.2, 0.25) is 0 Å².